The molecule has 1 aromatic carbocycles. The van der Waals surface area contributed by atoms with Gasteiger partial charge in [0.05, 0.1) is 18.1 Å². The van der Waals surface area contributed by atoms with E-state index in [1.54, 1.807) is 11.9 Å². The lowest BCUT2D eigenvalue weighted by Crippen LogP contribution is -2.51. The van der Waals surface area contributed by atoms with Crippen molar-refractivity contribution in [1.29, 1.82) is 0 Å². The smallest absolute Gasteiger partial charge is 0.256 e. The van der Waals surface area contributed by atoms with Gasteiger partial charge in [-0.2, -0.15) is 0 Å². The minimum absolute atomic E-state index is 0.0622. The first kappa shape index (κ1) is 15.9. The summed E-state index contributed by atoms with van der Waals surface area (Å²) in [4.78, 5) is 11.3. The minimum Gasteiger partial charge on any atom is -0.379 e. The van der Waals surface area contributed by atoms with Gasteiger partial charge in [0.15, 0.2) is 0 Å². The zero-order valence-electron chi connectivity index (χ0n) is 11.9. The number of hydrogen-bond acceptors (Lipinski definition) is 5. The molecule has 1 aliphatic heterocycles. The van der Waals surface area contributed by atoms with Gasteiger partial charge in [0, 0.05) is 25.2 Å². The van der Waals surface area contributed by atoms with Crippen LogP contribution in [0.3, 0.4) is 0 Å². The SMILES string of the molecule is CCN(N1CCOCC1)S(=O)(=O)c1cccc(C(N)=O)c1. The van der Waals surface area contributed by atoms with E-state index in [1.165, 1.54) is 28.7 Å². The van der Waals surface area contributed by atoms with Gasteiger partial charge in [0.25, 0.3) is 10.0 Å². The van der Waals surface area contributed by atoms with E-state index in [0.717, 1.165) is 0 Å². The molecule has 2 rings (SSSR count). The molecule has 0 spiro atoms. The number of morpholine rings is 1. The Morgan fingerprint density at radius 1 is 1.38 bits per heavy atom. The number of benzene rings is 1. The largest absolute Gasteiger partial charge is 0.379 e. The Hall–Kier alpha value is -1.48. The molecule has 116 valence electrons. The topological polar surface area (TPSA) is 92.9 Å². The second kappa shape index (κ2) is 6.52. The molecule has 1 saturated heterocycles. The Labute approximate surface area is 124 Å². The highest BCUT2D eigenvalue weighted by molar-refractivity contribution is 7.89. The zero-order valence-corrected chi connectivity index (χ0v) is 12.7. The van der Waals surface area contributed by atoms with E-state index < -0.39 is 15.9 Å². The fourth-order valence-electron chi connectivity index (χ4n) is 2.23. The van der Waals surface area contributed by atoms with Crippen LogP contribution in [0.2, 0.25) is 0 Å². The fourth-order valence-corrected chi connectivity index (χ4v) is 3.81. The molecule has 0 saturated carbocycles. The molecule has 0 bridgehead atoms. The van der Waals surface area contributed by atoms with E-state index in [2.05, 4.69) is 0 Å². The molecule has 0 unspecified atom stereocenters. The molecule has 1 heterocycles. The van der Waals surface area contributed by atoms with Crippen molar-refractivity contribution in [1.82, 2.24) is 9.42 Å². The molecule has 1 fully saturated rings. The number of primary amides is 1. The molecule has 1 amide bonds. The van der Waals surface area contributed by atoms with Crippen molar-refractivity contribution in [3.8, 4) is 0 Å². The van der Waals surface area contributed by atoms with Gasteiger partial charge < -0.3 is 10.5 Å². The number of nitrogens with two attached hydrogens (primary N) is 1. The van der Waals surface area contributed by atoms with Crippen LogP contribution in [0.15, 0.2) is 29.2 Å². The number of hydrogen-bond donors (Lipinski definition) is 1. The van der Waals surface area contributed by atoms with Gasteiger partial charge in [-0.25, -0.2) is 13.4 Å². The van der Waals surface area contributed by atoms with Crippen LogP contribution in [0.4, 0.5) is 0 Å². The Balaban J connectivity index is 2.34. The number of rotatable bonds is 5. The van der Waals surface area contributed by atoms with Gasteiger partial charge in [0.1, 0.15) is 0 Å². The first-order valence-corrected chi connectivity index (χ1v) is 8.16. The number of carbonyl (C=O) groups excluding carboxylic acids is 1. The molecule has 0 radical (unpaired) electrons. The van der Waals surface area contributed by atoms with Crippen LogP contribution in [-0.4, -0.2) is 56.6 Å². The maximum Gasteiger partial charge on any atom is 0.256 e. The lowest BCUT2D eigenvalue weighted by atomic mass is 10.2. The Bertz CT molecular complexity index is 612. The van der Waals surface area contributed by atoms with E-state index in [0.29, 0.717) is 32.8 Å². The Morgan fingerprint density at radius 3 is 2.62 bits per heavy atom. The summed E-state index contributed by atoms with van der Waals surface area (Å²) in [6.45, 7) is 4.10. The van der Waals surface area contributed by atoms with Crippen LogP contribution in [0.1, 0.15) is 17.3 Å². The number of ether oxygens (including phenoxy) is 1. The number of amides is 1. The molecule has 0 aromatic heterocycles. The molecule has 21 heavy (non-hydrogen) atoms. The molecule has 2 N–H and O–H groups in total. The highest BCUT2D eigenvalue weighted by Crippen LogP contribution is 2.19. The van der Waals surface area contributed by atoms with E-state index in [4.69, 9.17) is 10.5 Å². The van der Waals surface area contributed by atoms with Crippen molar-refractivity contribution in [3.63, 3.8) is 0 Å². The van der Waals surface area contributed by atoms with E-state index in [9.17, 15) is 13.2 Å². The number of carbonyl (C=O) groups is 1. The maximum absolute atomic E-state index is 12.7. The lowest BCUT2D eigenvalue weighted by Gasteiger charge is -2.35. The summed E-state index contributed by atoms with van der Waals surface area (Å²) in [6.07, 6.45) is 0. The van der Waals surface area contributed by atoms with E-state index >= 15 is 0 Å². The summed E-state index contributed by atoms with van der Waals surface area (Å²) in [7, 11) is -3.71. The summed E-state index contributed by atoms with van der Waals surface area (Å²) < 4.78 is 32.0. The monoisotopic (exact) mass is 313 g/mol. The summed E-state index contributed by atoms with van der Waals surface area (Å²) in [5.74, 6) is -0.651. The van der Waals surface area contributed by atoms with Crippen LogP contribution in [0.25, 0.3) is 0 Å². The molecule has 8 heteroatoms. The Kier molecular flexibility index (Phi) is 4.94. The number of nitrogens with zero attached hydrogens (tertiary/aromatic N) is 2. The normalized spacial score (nSPS) is 17.0. The van der Waals surface area contributed by atoms with Crippen molar-refractivity contribution in [2.75, 3.05) is 32.8 Å². The van der Waals surface area contributed by atoms with Gasteiger partial charge >= 0.3 is 0 Å². The summed E-state index contributed by atoms with van der Waals surface area (Å²) in [5.41, 5.74) is 5.38. The van der Waals surface area contributed by atoms with Gasteiger partial charge in [-0.15, -0.1) is 4.41 Å². The third-order valence-corrected chi connectivity index (χ3v) is 5.16. The van der Waals surface area contributed by atoms with E-state index in [-0.39, 0.29) is 10.5 Å². The molecular formula is C13H19N3O4S. The lowest BCUT2D eigenvalue weighted by molar-refractivity contribution is -0.0397. The fraction of sp³-hybridized carbons (Fsp3) is 0.462. The maximum atomic E-state index is 12.7. The standard InChI is InChI=1S/C13H19N3O4S/c1-2-16(15-6-8-20-9-7-15)21(18,19)12-5-3-4-11(10-12)13(14)17/h3-5,10H,2,6-9H2,1H3,(H2,14,17). The third-order valence-electron chi connectivity index (χ3n) is 3.27. The third kappa shape index (κ3) is 3.41. The first-order valence-electron chi connectivity index (χ1n) is 6.72. The average Bonchev–Trinajstić information content (AvgIpc) is 2.49. The molecule has 1 aromatic rings. The first-order chi connectivity index (χ1) is 9.96. The summed E-state index contributed by atoms with van der Waals surface area (Å²) >= 11 is 0. The summed E-state index contributed by atoms with van der Waals surface area (Å²) in [6, 6.07) is 5.78. The quantitative estimate of drug-likeness (QED) is 0.828. The summed E-state index contributed by atoms with van der Waals surface area (Å²) in [5, 5.41) is 1.75. The average molecular weight is 313 g/mol. The van der Waals surface area contributed by atoms with Crippen molar-refractivity contribution >= 4 is 15.9 Å². The van der Waals surface area contributed by atoms with Gasteiger partial charge in [-0.3, -0.25) is 4.79 Å². The van der Waals surface area contributed by atoms with Crippen molar-refractivity contribution in [3.05, 3.63) is 29.8 Å². The van der Waals surface area contributed by atoms with Crippen molar-refractivity contribution < 1.29 is 17.9 Å². The minimum atomic E-state index is -3.71. The molecule has 0 aliphatic carbocycles. The predicted octanol–water partition coefficient (Wildman–Crippen LogP) is 0.0433. The number of sulfonamides is 1. The highest BCUT2D eigenvalue weighted by atomic mass is 32.2. The molecule has 7 nitrogen and oxygen atoms in total. The molecular weight excluding hydrogens is 294 g/mol. The van der Waals surface area contributed by atoms with Gasteiger partial charge in [-0.1, -0.05) is 6.07 Å². The van der Waals surface area contributed by atoms with Crippen LogP contribution in [0, 0.1) is 0 Å². The van der Waals surface area contributed by atoms with Crippen LogP contribution < -0.4 is 5.73 Å². The second-order valence-electron chi connectivity index (χ2n) is 4.60. The van der Waals surface area contributed by atoms with Crippen molar-refractivity contribution in [2.24, 2.45) is 5.73 Å². The Morgan fingerprint density at radius 2 is 2.05 bits per heavy atom. The molecule has 0 atom stereocenters. The molecule has 1 aliphatic rings. The zero-order chi connectivity index (χ0) is 15.5. The number of hydrazine groups is 1. The highest BCUT2D eigenvalue weighted by Gasteiger charge is 2.30. The van der Waals surface area contributed by atoms with Crippen LogP contribution in [-0.2, 0) is 14.8 Å². The van der Waals surface area contributed by atoms with Crippen LogP contribution in [0.5, 0.6) is 0 Å². The van der Waals surface area contributed by atoms with Crippen molar-refractivity contribution in [2.45, 2.75) is 11.8 Å². The van der Waals surface area contributed by atoms with Gasteiger partial charge in [0.2, 0.25) is 5.91 Å². The predicted molar refractivity (Wildman–Crippen MR) is 76.9 cm³/mol. The van der Waals surface area contributed by atoms with E-state index in [1.807, 2.05) is 0 Å². The second-order valence-corrected chi connectivity index (χ2v) is 6.44. The van der Waals surface area contributed by atoms with Crippen LogP contribution >= 0.6 is 0 Å². The van der Waals surface area contributed by atoms with Gasteiger partial charge in [-0.05, 0) is 25.1 Å².